The van der Waals surface area contributed by atoms with Crippen molar-refractivity contribution >= 4 is 22.8 Å². The lowest BCUT2D eigenvalue weighted by molar-refractivity contribution is 0.104. The van der Waals surface area contributed by atoms with Crippen LogP contribution in [-0.2, 0) is 6.54 Å². The van der Waals surface area contributed by atoms with E-state index in [2.05, 4.69) is 0 Å². The summed E-state index contributed by atoms with van der Waals surface area (Å²) < 4.78 is 28.0. The molecule has 0 saturated heterocycles. The van der Waals surface area contributed by atoms with Crippen LogP contribution < -0.4 is 20.0 Å². The number of carbonyl (C=O) groups is 1. The van der Waals surface area contributed by atoms with Crippen LogP contribution >= 0.6 is 0 Å². The SMILES string of the molecule is COc1cc(C(=O)C=Cc2cn(Cc3oc(=O)oc3C)c3ccccc23)cc(OC)c1OC. The lowest BCUT2D eigenvalue weighted by atomic mass is 10.1. The number of ketones is 1. The average Bonchev–Trinajstić information content (AvgIpc) is 3.34. The van der Waals surface area contributed by atoms with E-state index >= 15 is 0 Å². The summed E-state index contributed by atoms with van der Waals surface area (Å²) in [5.74, 6) is 1.17. The van der Waals surface area contributed by atoms with Crippen LogP contribution in [-0.4, -0.2) is 31.7 Å². The number of rotatable bonds is 8. The molecule has 0 N–H and O–H groups in total. The van der Waals surface area contributed by atoms with Crippen LogP contribution in [0, 0.1) is 6.92 Å². The predicted molar refractivity (Wildman–Crippen MR) is 122 cm³/mol. The van der Waals surface area contributed by atoms with Crippen LogP contribution in [0.2, 0.25) is 0 Å². The van der Waals surface area contributed by atoms with Gasteiger partial charge in [-0.1, -0.05) is 18.2 Å². The van der Waals surface area contributed by atoms with Crippen molar-refractivity contribution < 1.29 is 27.8 Å². The smallest absolute Gasteiger partial charge is 0.493 e. The van der Waals surface area contributed by atoms with Gasteiger partial charge in [0.1, 0.15) is 5.76 Å². The zero-order chi connectivity index (χ0) is 23.5. The molecule has 0 atom stereocenters. The number of benzene rings is 2. The predicted octanol–water partition coefficient (Wildman–Crippen LogP) is 4.47. The minimum absolute atomic E-state index is 0.220. The van der Waals surface area contributed by atoms with Gasteiger partial charge < -0.3 is 27.6 Å². The van der Waals surface area contributed by atoms with E-state index in [1.54, 1.807) is 25.1 Å². The molecular weight excluding hydrogens is 426 g/mol. The first kappa shape index (κ1) is 22.0. The molecule has 2 aromatic heterocycles. The second-order valence-electron chi connectivity index (χ2n) is 7.27. The van der Waals surface area contributed by atoms with E-state index in [0.717, 1.165) is 16.5 Å². The van der Waals surface area contributed by atoms with E-state index in [1.807, 2.05) is 35.0 Å². The van der Waals surface area contributed by atoms with Crippen molar-refractivity contribution in [2.45, 2.75) is 13.5 Å². The molecule has 0 fully saturated rings. The minimum atomic E-state index is -0.727. The zero-order valence-electron chi connectivity index (χ0n) is 18.7. The fourth-order valence-corrected chi connectivity index (χ4v) is 3.70. The lowest BCUT2D eigenvalue weighted by Crippen LogP contribution is -2.00. The zero-order valence-corrected chi connectivity index (χ0v) is 18.7. The number of aryl methyl sites for hydroxylation is 1. The molecule has 0 saturated carbocycles. The van der Waals surface area contributed by atoms with E-state index < -0.39 is 5.82 Å². The van der Waals surface area contributed by atoms with Gasteiger partial charge in [-0.3, -0.25) is 4.79 Å². The van der Waals surface area contributed by atoms with Gasteiger partial charge >= 0.3 is 5.82 Å². The third kappa shape index (κ3) is 4.27. The highest BCUT2D eigenvalue weighted by molar-refractivity contribution is 6.08. The topological polar surface area (TPSA) is 93.0 Å². The molecule has 0 aliphatic rings. The molecule has 4 rings (SSSR count). The summed E-state index contributed by atoms with van der Waals surface area (Å²) in [6, 6.07) is 11.0. The number of nitrogens with zero attached hydrogens (tertiary/aromatic N) is 1. The minimum Gasteiger partial charge on any atom is -0.493 e. The molecule has 2 aromatic carbocycles. The molecule has 170 valence electrons. The summed E-state index contributed by atoms with van der Waals surface area (Å²) in [6.07, 6.45) is 5.15. The Hall–Kier alpha value is -4.20. The van der Waals surface area contributed by atoms with Gasteiger partial charge in [0.25, 0.3) is 0 Å². The fourth-order valence-electron chi connectivity index (χ4n) is 3.70. The normalized spacial score (nSPS) is 11.3. The average molecular weight is 449 g/mol. The molecule has 8 heteroatoms. The van der Waals surface area contributed by atoms with Gasteiger partial charge in [0.2, 0.25) is 5.75 Å². The van der Waals surface area contributed by atoms with Crippen molar-refractivity contribution in [1.82, 2.24) is 4.57 Å². The fraction of sp³-hybridized carbons (Fsp3) is 0.200. The molecule has 0 radical (unpaired) electrons. The highest BCUT2D eigenvalue weighted by Gasteiger charge is 2.16. The number of aromatic nitrogens is 1. The molecule has 0 unspecified atom stereocenters. The second-order valence-corrected chi connectivity index (χ2v) is 7.27. The maximum atomic E-state index is 12.9. The number of hydrogen-bond donors (Lipinski definition) is 0. The van der Waals surface area contributed by atoms with Crippen molar-refractivity contribution in [1.29, 1.82) is 0 Å². The highest BCUT2D eigenvalue weighted by atomic mass is 16.6. The Morgan fingerprint density at radius 3 is 2.33 bits per heavy atom. The Balaban J connectivity index is 1.68. The number of hydrogen-bond acceptors (Lipinski definition) is 7. The van der Waals surface area contributed by atoms with Gasteiger partial charge in [0.15, 0.2) is 23.0 Å². The largest absolute Gasteiger partial charge is 0.519 e. The lowest BCUT2D eigenvalue weighted by Gasteiger charge is -2.13. The molecule has 4 aromatic rings. The maximum absolute atomic E-state index is 12.9. The molecule has 0 aliphatic heterocycles. The number of ether oxygens (including phenoxy) is 3. The number of allylic oxidation sites excluding steroid dienone is 1. The number of carbonyl (C=O) groups excluding carboxylic acids is 1. The van der Waals surface area contributed by atoms with Gasteiger partial charge in [-0.05, 0) is 37.3 Å². The van der Waals surface area contributed by atoms with Crippen LogP contribution in [0.15, 0.2) is 62.3 Å². The molecule has 0 bridgehead atoms. The third-order valence-electron chi connectivity index (χ3n) is 5.33. The molecule has 2 heterocycles. The number of fused-ring (bicyclic) bond motifs is 1. The monoisotopic (exact) mass is 449 g/mol. The number of para-hydroxylation sites is 1. The highest BCUT2D eigenvalue weighted by Crippen LogP contribution is 2.38. The molecule has 8 nitrogen and oxygen atoms in total. The van der Waals surface area contributed by atoms with E-state index in [9.17, 15) is 9.59 Å². The summed E-state index contributed by atoms with van der Waals surface area (Å²) in [7, 11) is 4.51. The number of methoxy groups -OCH3 is 3. The standard InChI is InChI=1S/C25H23NO7/c1-15-23(33-25(28)32-15)14-26-13-16(18-7-5-6-8-19(18)26)9-10-20(27)17-11-21(29-2)24(31-4)22(12-17)30-3/h5-13H,14H2,1-4H3. The first-order chi connectivity index (χ1) is 15.9. The summed E-state index contributed by atoms with van der Waals surface area (Å²) >= 11 is 0. The third-order valence-corrected chi connectivity index (χ3v) is 5.33. The van der Waals surface area contributed by atoms with Crippen LogP contribution in [0.5, 0.6) is 17.2 Å². The van der Waals surface area contributed by atoms with Gasteiger partial charge in [-0.15, -0.1) is 0 Å². The van der Waals surface area contributed by atoms with Gasteiger partial charge in [-0.2, -0.15) is 0 Å². The van der Waals surface area contributed by atoms with Crippen molar-refractivity contribution in [2.24, 2.45) is 0 Å². The first-order valence-corrected chi connectivity index (χ1v) is 10.1. The summed E-state index contributed by atoms with van der Waals surface area (Å²) in [6.45, 7) is 2.01. The van der Waals surface area contributed by atoms with E-state index in [-0.39, 0.29) is 5.78 Å². The Labute approximate surface area is 189 Å². The quantitative estimate of drug-likeness (QED) is 0.289. The van der Waals surface area contributed by atoms with Crippen molar-refractivity contribution in [3.05, 3.63) is 81.9 Å². The Morgan fingerprint density at radius 2 is 1.73 bits per heavy atom. The molecular formula is C25H23NO7. The van der Waals surface area contributed by atoms with Crippen molar-refractivity contribution in [2.75, 3.05) is 21.3 Å². The van der Waals surface area contributed by atoms with Gasteiger partial charge in [-0.25, -0.2) is 4.79 Å². The first-order valence-electron chi connectivity index (χ1n) is 10.1. The van der Waals surface area contributed by atoms with Crippen LogP contribution in [0.3, 0.4) is 0 Å². The van der Waals surface area contributed by atoms with Crippen LogP contribution in [0.1, 0.15) is 27.4 Å². The van der Waals surface area contributed by atoms with Crippen molar-refractivity contribution in [3.8, 4) is 17.2 Å². The molecule has 33 heavy (non-hydrogen) atoms. The molecule has 0 aliphatic carbocycles. The Morgan fingerprint density at radius 1 is 1.03 bits per heavy atom. The van der Waals surface area contributed by atoms with Crippen LogP contribution in [0.25, 0.3) is 17.0 Å². The van der Waals surface area contributed by atoms with Crippen LogP contribution in [0.4, 0.5) is 0 Å². The molecule has 0 amide bonds. The summed E-state index contributed by atoms with van der Waals surface area (Å²) in [5, 5.41) is 0.954. The van der Waals surface area contributed by atoms with E-state index in [1.165, 1.54) is 27.4 Å². The second kappa shape index (κ2) is 9.12. The van der Waals surface area contributed by atoms with Gasteiger partial charge in [0, 0.05) is 28.2 Å². The maximum Gasteiger partial charge on any atom is 0.519 e. The van der Waals surface area contributed by atoms with Crippen molar-refractivity contribution in [3.63, 3.8) is 0 Å². The summed E-state index contributed by atoms with van der Waals surface area (Å²) in [5.41, 5.74) is 2.18. The van der Waals surface area contributed by atoms with E-state index in [4.69, 9.17) is 23.0 Å². The Kier molecular flexibility index (Phi) is 6.08. The van der Waals surface area contributed by atoms with E-state index in [0.29, 0.717) is 40.9 Å². The summed E-state index contributed by atoms with van der Waals surface area (Å²) in [4.78, 5) is 24.3. The Bertz CT molecular complexity index is 1380. The molecule has 0 spiro atoms. The van der Waals surface area contributed by atoms with Gasteiger partial charge in [0.05, 0.1) is 27.9 Å².